The lowest BCUT2D eigenvalue weighted by atomic mass is 9.95. The standard InChI is InChI=1S/C24H35N3O2/c1-18-8-12-26(13-9-18)17-22-5-3-2-4-21(22)16-25-23(28)19-10-14-27(15-11-19)24(29)20-6-7-20/h2-5,18-20H,6-17H2,1H3,(H,25,28). The molecule has 0 atom stereocenters. The highest BCUT2D eigenvalue weighted by atomic mass is 16.2. The Morgan fingerprint density at radius 1 is 0.897 bits per heavy atom. The Hall–Kier alpha value is -1.88. The molecule has 4 rings (SSSR count). The fourth-order valence-electron chi connectivity index (χ4n) is 4.62. The van der Waals surface area contributed by atoms with Gasteiger partial charge in [0.25, 0.3) is 0 Å². The van der Waals surface area contributed by atoms with Gasteiger partial charge in [-0.1, -0.05) is 31.2 Å². The molecule has 29 heavy (non-hydrogen) atoms. The lowest BCUT2D eigenvalue weighted by Crippen LogP contribution is -2.43. The Morgan fingerprint density at radius 2 is 1.55 bits per heavy atom. The van der Waals surface area contributed by atoms with Crippen LogP contribution in [-0.2, 0) is 22.7 Å². The second-order valence-corrected chi connectivity index (χ2v) is 9.32. The van der Waals surface area contributed by atoms with E-state index in [1.54, 1.807) is 0 Å². The lowest BCUT2D eigenvalue weighted by Gasteiger charge is -2.32. The van der Waals surface area contributed by atoms with Gasteiger partial charge in [0.05, 0.1) is 0 Å². The van der Waals surface area contributed by atoms with Crippen LogP contribution in [0.1, 0.15) is 56.6 Å². The third-order valence-electron chi connectivity index (χ3n) is 6.95. The van der Waals surface area contributed by atoms with E-state index in [0.29, 0.717) is 12.5 Å². The molecule has 0 aromatic heterocycles. The highest BCUT2D eigenvalue weighted by Crippen LogP contribution is 2.32. The van der Waals surface area contributed by atoms with Crippen molar-refractivity contribution in [3.8, 4) is 0 Å². The minimum atomic E-state index is 0.0361. The van der Waals surface area contributed by atoms with Gasteiger partial charge in [-0.25, -0.2) is 0 Å². The number of amides is 2. The monoisotopic (exact) mass is 397 g/mol. The number of rotatable bonds is 6. The Bertz CT molecular complexity index is 715. The number of piperidine rings is 2. The number of likely N-dealkylation sites (tertiary alicyclic amines) is 2. The second kappa shape index (κ2) is 9.29. The number of carbonyl (C=O) groups excluding carboxylic acids is 2. The van der Waals surface area contributed by atoms with Gasteiger partial charge in [-0.2, -0.15) is 0 Å². The van der Waals surface area contributed by atoms with E-state index in [1.807, 2.05) is 4.90 Å². The first-order chi connectivity index (χ1) is 14.1. The van der Waals surface area contributed by atoms with Crippen LogP contribution >= 0.6 is 0 Å². The van der Waals surface area contributed by atoms with E-state index in [1.165, 1.54) is 37.1 Å². The van der Waals surface area contributed by atoms with Gasteiger partial charge in [0.15, 0.2) is 0 Å². The first kappa shape index (κ1) is 20.4. The quantitative estimate of drug-likeness (QED) is 0.802. The molecule has 1 aliphatic carbocycles. The molecule has 1 N–H and O–H groups in total. The Balaban J connectivity index is 1.25. The van der Waals surface area contributed by atoms with Crippen molar-refractivity contribution < 1.29 is 9.59 Å². The van der Waals surface area contributed by atoms with Crippen LogP contribution in [0.5, 0.6) is 0 Å². The average molecular weight is 398 g/mol. The van der Waals surface area contributed by atoms with Gasteiger partial charge in [-0.15, -0.1) is 0 Å². The second-order valence-electron chi connectivity index (χ2n) is 9.32. The van der Waals surface area contributed by atoms with E-state index in [0.717, 1.165) is 51.2 Å². The van der Waals surface area contributed by atoms with Crippen LogP contribution in [0.4, 0.5) is 0 Å². The summed E-state index contributed by atoms with van der Waals surface area (Å²) < 4.78 is 0. The third kappa shape index (κ3) is 5.39. The maximum Gasteiger partial charge on any atom is 0.225 e. The van der Waals surface area contributed by atoms with Crippen molar-refractivity contribution in [2.75, 3.05) is 26.2 Å². The van der Waals surface area contributed by atoms with Gasteiger partial charge >= 0.3 is 0 Å². The van der Waals surface area contributed by atoms with Crippen molar-refractivity contribution in [3.63, 3.8) is 0 Å². The molecule has 1 aromatic carbocycles. The van der Waals surface area contributed by atoms with E-state index in [-0.39, 0.29) is 17.7 Å². The number of nitrogens with zero attached hydrogens (tertiary/aromatic N) is 2. The molecule has 2 aliphatic heterocycles. The lowest BCUT2D eigenvalue weighted by molar-refractivity contribution is -0.136. The Morgan fingerprint density at radius 3 is 2.21 bits per heavy atom. The molecule has 3 fully saturated rings. The third-order valence-corrected chi connectivity index (χ3v) is 6.95. The molecule has 2 heterocycles. The predicted octanol–water partition coefficient (Wildman–Crippen LogP) is 3.18. The Kier molecular flexibility index (Phi) is 6.53. The van der Waals surface area contributed by atoms with Crippen LogP contribution < -0.4 is 5.32 Å². The van der Waals surface area contributed by atoms with Gasteiger partial charge in [0.2, 0.25) is 11.8 Å². The fourth-order valence-corrected chi connectivity index (χ4v) is 4.62. The van der Waals surface area contributed by atoms with Crippen LogP contribution in [0.15, 0.2) is 24.3 Å². The zero-order valence-electron chi connectivity index (χ0n) is 17.7. The molecule has 158 valence electrons. The van der Waals surface area contributed by atoms with E-state index in [2.05, 4.69) is 41.4 Å². The number of carbonyl (C=O) groups is 2. The van der Waals surface area contributed by atoms with Crippen molar-refractivity contribution in [2.45, 2.75) is 58.5 Å². The van der Waals surface area contributed by atoms with Crippen molar-refractivity contribution in [2.24, 2.45) is 17.8 Å². The van der Waals surface area contributed by atoms with Crippen LogP contribution in [0.25, 0.3) is 0 Å². The summed E-state index contributed by atoms with van der Waals surface area (Å²) in [5, 5.41) is 3.17. The minimum Gasteiger partial charge on any atom is -0.352 e. The minimum absolute atomic E-state index is 0.0361. The van der Waals surface area contributed by atoms with Gasteiger partial charge < -0.3 is 10.2 Å². The average Bonchev–Trinajstić information content (AvgIpc) is 3.59. The van der Waals surface area contributed by atoms with E-state index < -0.39 is 0 Å². The maximum atomic E-state index is 12.7. The van der Waals surface area contributed by atoms with Gasteiger partial charge in [0, 0.05) is 38.0 Å². The molecule has 1 saturated carbocycles. The molecule has 0 bridgehead atoms. The van der Waals surface area contributed by atoms with Crippen LogP contribution in [-0.4, -0.2) is 47.8 Å². The molecule has 0 radical (unpaired) electrons. The topological polar surface area (TPSA) is 52.7 Å². The molecule has 5 nitrogen and oxygen atoms in total. The number of benzene rings is 1. The smallest absolute Gasteiger partial charge is 0.225 e. The maximum absolute atomic E-state index is 12.7. The first-order valence-corrected chi connectivity index (χ1v) is 11.5. The summed E-state index contributed by atoms with van der Waals surface area (Å²) >= 11 is 0. The van der Waals surface area contributed by atoms with Gasteiger partial charge in [0.1, 0.15) is 0 Å². The highest BCUT2D eigenvalue weighted by molar-refractivity contribution is 5.82. The molecule has 2 amide bonds. The molecule has 1 aromatic rings. The van der Waals surface area contributed by atoms with Crippen molar-refractivity contribution in [1.82, 2.24) is 15.1 Å². The summed E-state index contributed by atoms with van der Waals surface area (Å²) in [6.07, 6.45) is 6.24. The van der Waals surface area contributed by atoms with Crippen LogP contribution in [0.2, 0.25) is 0 Å². The highest BCUT2D eigenvalue weighted by Gasteiger charge is 2.35. The zero-order chi connectivity index (χ0) is 20.2. The van der Waals surface area contributed by atoms with Crippen molar-refractivity contribution in [1.29, 1.82) is 0 Å². The predicted molar refractivity (Wildman–Crippen MR) is 114 cm³/mol. The summed E-state index contributed by atoms with van der Waals surface area (Å²) in [4.78, 5) is 29.4. The SMILES string of the molecule is CC1CCN(Cc2ccccc2CNC(=O)C2CCN(C(=O)C3CC3)CC2)CC1. The summed E-state index contributed by atoms with van der Waals surface area (Å²) in [7, 11) is 0. The molecule has 0 unspecified atom stereocenters. The van der Waals surface area contributed by atoms with Gasteiger partial charge in [-0.3, -0.25) is 14.5 Å². The zero-order valence-corrected chi connectivity index (χ0v) is 17.7. The number of nitrogens with one attached hydrogen (secondary N) is 1. The first-order valence-electron chi connectivity index (χ1n) is 11.5. The molecular formula is C24H35N3O2. The van der Waals surface area contributed by atoms with E-state index in [9.17, 15) is 9.59 Å². The molecule has 3 aliphatic rings. The molecule has 0 spiro atoms. The fraction of sp³-hybridized carbons (Fsp3) is 0.667. The van der Waals surface area contributed by atoms with E-state index in [4.69, 9.17) is 0 Å². The van der Waals surface area contributed by atoms with Crippen LogP contribution in [0.3, 0.4) is 0 Å². The van der Waals surface area contributed by atoms with E-state index >= 15 is 0 Å². The molecule has 5 heteroatoms. The van der Waals surface area contributed by atoms with Crippen LogP contribution in [0, 0.1) is 17.8 Å². The van der Waals surface area contributed by atoms with Gasteiger partial charge in [-0.05, 0) is 68.7 Å². The number of hydrogen-bond donors (Lipinski definition) is 1. The normalized spacial score (nSPS) is 21.9. The number of hydrogen-bond acceptors (Lipinski definition) is 3. The Labute approximate surface area is 174 Å². The molecular weight excluding hydrogens is 362 g/mol. The van der Waals surface area contributed by atoms with Crippen molar-refractivity contribution in [3.05, 3.63) is 35.4 Å². The summed E-state index contributed by atoms with van der Waals surface area (Å²) in [5.41, 5.74) is 2.55. The summed E-state index contributed by atoms with van der Waals surface area (Å²) in [6, 6.07) is 8.49. The summed E-state index contributed by atoms with van der Waals surface area (Å²) in [6.45, 7) is 7.71. The summed E-state index contributed by atoms with van der Waals surface area (Å²) in [5.74, 6) is 1.61. The van der Waals surface area contributed by atoms with Crippen molar-refractivity contribution >= 4 is 11.8 Å². The molecule has 2 saturated heterocycles. The largest absolute Gasteiger partial charge is 0.352 e.